The molecule has 0 unspecified atom stereocenters. The Morgan fingerprint density at radius 1 is 1.08 bits per heavy atom. The summed E-state index contributed by atoms with van der Waals surface area (Å²) in [5, 5.41) is 5.18. The Labute approximate surface area is 283 Å². The number of carbonyl (C=O) groups is 1. The van der Waals surface area contributed by atoms with E-state index in [2.05, 4.69) is 74.2 Å². The van der Waals surface area contributed by atoms with E-state index < -0.39 is 17.7 Å². The number of carbonyl (C=O) groups excluding carboxylic acids is 1. The van der Waals surface area contributed by atoms with Gasteiger partial charge in [0.2, 0.25) is 0 Å². The van der Waals surface area contributed by atoms with Crippen molar-refractivity contribution in [3.63, 3.8) is 0 Å². The highest BCUT2D eigenvalue weighted by Crippen LogP contribution is 2.40. The Bertz CT molecular complexity index is 1830. The Kier molecular flexibility index (Phi) is 9.37. The fraction of sp³-hybridized carbons (Fsp3) is 0.462. The molecule has 3 aliphatic rings. The van der Waals surface area contributed by atoms with Gasteiger partial charge in [-0.3, -0.25) is 0 Å². The summed E-state index contributed by atoms with van der Waals surface area (Å²) in [4.78, 5) is 20.9. The molecule has 2 aromatic heterocycles. The summed E-state index contributed by atoms with van der Waals surface area (Å²) < 4.78 is 26.9. The van der Waals surface area contributed by atoms with Gasteiger partial charge in [-0.25, -0.2) is 9.78 Å². The molecule has 5 heterocycles. The topological polar surface area (TPSA) is 87.4 Å². The van der Waals surface area contributed by atoms with E-state index in [4.69, 9.17) is 29.0 Å². The molecular formula is C39H48N4O5. The first-order chi connectivity index (χ1) is 22.8. The second-order valence-electron chi connectivity index (χ2n) is 14.2. The number of hydrogen-bond acceptors (Lipinski definition) is 8. The number of esters is 1. The van der Waals surface area contributed by atoms with Gasteiger partial charge >= 0.3 is 5.97 Å². The van der Waals surface area contributed by atoms with Gasteiger partial charge in [-0.2, -0.15) is 9.61 Å². The normalized spacial score (nSPS) is 21.2. The van der Waals surface area contributed by atoms with E-state index in [0.29, 0.717) is 36.6 Å². The van der Waals surface area contributed by atoms with E-state index in [1.54, 1.807) is 0 Å². The number of hydrogen-bond donors (Lipinski definition) is 0. The largest absolute Gasteiger partial charge is 0.486 e. The lowest BCUT2D eigenvalue weighted by Gasteiger charge is -2.41. The number of benzene rings is 2. The highest BCUT2D eigenvalue weighted by atomic mass is 16.6. The fourth-order valence-electron chi connectivity index (χ4n) is 6.55. The predicted octanol–water partition coefficient (Wildman–Crippen LogP) is 7.81. The molecule has 0 saturated carbocycles. The van der Waals surface area contributed by atoms with Crippen LogP contribution in [0.5, 0.6) is 5.75 Å². The maximum Gasteiger partial charge on any atom is 0.340 e. The van der Waals surface area contributed by atoms with E-state index >= 15 is 0 Å². The number of rotatable bonds is 4. The molecule has 0 amide bonds. The van der Waals surface area contributed by atoms with Crippen molar-refractivity contribution in [1.82, 2.24) is 14.6 Å². The summed E-state index contributed by atoms with van der Waals surface area (Å²) in [5.41, 5.74) is 6.03. The smallest absolute Gasteiger partial charge is 0.340 e. The first kappa shape index (κ1) is 33.7. The molecule has 4 aromatic rings. The summed E-state index contributed by atoms with van der Waals surface area (Å²) in [6.07, 6.45) is 4.59. The molecule has 9 nitrogen and oxygen atoms in total. The Balaban J connectivity index is 1.56. The van der Waals surface area contributed by atoms with Gasteiger partial charge < -0.3 is 23.8 Å². The standard InChI is InChI=1S/C39H48N4O5/c1-9-45-37(44)35(48-38(5,6)7)34-27(4)40-33-24-31-29-14-10-13-28(23-29)30-16-15-25(2)22-32(30)47-26(3)12-11-21-46-39(8)17-19-42(20-18-39)36(34)43(33)41-31/h10-16,22-24,26,35H,9,17-21H2,1-8H3/b12-11-/t26-,35-/m0/s1. The quantitative estimate of drug-likeness (QED) is 0.163. The molecule has 1 fully saturated rings. The molecule has 0 N–H and O–H groups in total. The molecule has 0 aliphatic carbocycles. The van der Waals surface area contributed by atoms with Gasteiger partial charge in [-0.05, 0) is 97.6 Å². The van der Waals surface area contributed by atoms with Crippen LogP contribution in [0.25, 0.3) is 28.0 Å². The van der Waals surface area contributed by atoms with Crippen molar-refractivity contribution in [2.24, 2.45) is 0 Å². The summed E-state index contributed by atoms with van der Waals surface area (Å²) >= 11 is 0. The van der Waals surface area contributed by atoms with Crippen LogP contribution in [0.15, 0.2) is 60.7 Å². The Morgan fingerprint density at radius 2 is 1.83 bits per heavy atom. The number of piperidine rings is 1. The van der Waals surface area contributed by atoms with Gasteiger partial charge in [-0.15, -0.1) is 0 Å². The van der Waals surface area contributed by atoms with Crippen LogP contribution in [0, 0.1) is 13.8 Å². The summed E-state index contributed by atoms with van der Waals surface area (Å²) in [6.45, 7) is 18.0. The Morgan fingerprint density at radius 3 is 2.56 bits per heavy atom. The predicted molar refractivity (Wildman–Crippen MR) is 189 cm³/mol. The molecule has 0 spiro atoms. The first-order valence-electron chi connectivity index (χ1n) is 17.0. The van der Waals surface area contributed by atoms with Crippen molar-refractivity contribution in [3.05, 3.63) is 77.5 Å². The average molecular weight is 653 g/mol. The van der Waals surface area contributed by atoms with Crippen molar-refractivity contribution in [2.75, 3.05) is 31.2 Å². The maximum atomic E-state index is 13.6. The molecular weight excluding hydrogens is 604 g/mol. The van der Waals surface area contributed by atoms with Gasteiger partial charge in [0, 0.05) is 36.0 Å². The fourth-order valence-corrected chi connectivity index (χ4v) is 6.55. The minimum Gasteiger partial charge on any atom is -0.486 e. The zero-order chi connectivity index (χ0) is 34.2. The minimum absolute atomic E-state index is 0.139. The van der Waals surface area contributed by atoms with Crippen LogP contribution in [-0.2, 0) is 19.0 Å². The zero-order valence-electron chi connectivity index (χ0n) is 29.5. The first-order valence-corrected chi connectivity index (χ1v) is 17.0. The van der Waals surface area contributed by atoms with Crippen LogP contribution in [0.1, 0.15) is 77.3 Å². The zero-order valence-corrected chi connectivity index (χ0v) is 29.5. The Hall–Kier alpha value is -4.21. The molecule has 254 valence electrons. The summed E-state index contributed by atoms with van der Waals surface area (Å²) in [6, 6.07) is 16.7. The van der Waals surface area contributed by atoms with Crippen molar-refractivity contribution in [3.8, 4) is 28.1 Å². The van der Waals surface area contributed by atoms with E-state index in [0.717, 1.165) is 52.4 Å². The number of aromatic nitrogens is 3. The molecule has 6 bridgehead atoms. The van der Waals surface area contributed by atoms with E-state index in [1.807, 2.05) is 51.3 Å². The number of anilines is 1. The lowest BCUT2D eigenvalue weighted by Crippen LogP contribution is -2.45. The van der Waals surface area contributed by atoms with Crippen LogP contribution in [0.2, 0.25) is 0 Å². The lowest BCUT2D eigenvalue weighted by atomic mass is 9.92. The van der Waals surface area contributed by atoms with Crippen molar-refractivity contribution in [2.45, 2.75) is 91.6 Å². The van der Waals surface area contributed by atoms with E-state index in [9.17, 15) is 4.79 Å². The van der Waals surface area contributed by atoms with Crippen molar-refractivity contribution in [1.29, 1.82) is 0 Å². The van der Waals surface area contributed by atoms with Gasteiger partial charge in [0.05, 0.1) is 35.7 Å². The van der Waals surface area contributed by atoms with Gasteiger partial charge in [-0.1, -0.05) is 36.4 Å². The maximum absolute atomic E-state index is 13.6. The third kappa shape index (κ3) is 7.12. The highest BCUT2D eigenvalue weighted by molar-refractivity contribution is 5.81. The third-order valence-electron chi connectivity index (χ3n) is 9.01. The second-order valence-corrected chi connectivity index (χ2v) is 14.2. The van der Waals surface area contributed by atoms with Crippen LogP contribution >= 0.6 is 0 Å². The molecule has 0 radical (unpaired) electrons. The summed E-state index contributed by atoms with van der Waals surface area (Å²) in [7, 11) is 0. The van der Waals surface area contributed by atoms with Crippen molar-refractivity contribution >= 4 is 17.4 Å². The average Bonchev–Trinajstić information content (AvgIpc) is 3.45. The SMILES string of the molecule is CCOC(=O)[C@@H](OC(C)(C)C)c1c(C)nc2cc3nn2c1N1CCC(C)(CC1)OC/C=C\[C@H](C)Oc1cc(C)ccc1-c1cccc-3c1. The van der Waals surface area contributed by atoms with Crippen LogP contribution < -0.4 is 9.64 Å². The number of ether oxygens (including phenoxy) is 4. The van der Waals surface area contributed by atoms with Crippen LogP contribution in [-0.4, -0.2) is 64.2 Å². The molecule has 48 heavy (non-hydrogen) atoms. The van der Waals surface area contributed by atoms with Gasteiger partial charge in [0.1, 0.15) is 17.7 Å². The number of aryl methyl sites for hydroxylation is 2. The number of nitrogens with zero attached hydrogens (tertiary/aromatic N) is 4. The number of fused-ring (bicyclic) bond motifs is 6. The summed E-state index contributed by atoms with van der Waals surface area (Å²) in [5.74, 6) is 1.18. The van der Waals surface area contributed by atoms with Crippen LogP contribution in [0.4, 0.5) is 5.82 Å². The molecule has 1 saturated heterocycles. The molecule has 2 atom stereocenters. The highest BCUT2D eigenvalue weighted by Gasteiger charge is 2.38. The third-order valence-corrected chi connectivity index (χ3v) is 9.01. The monoisotopic (exact) mass is 652 g/mol. The molecule has 9 heteroatoms. The van der Waals surface area contributed by atoms with E-state index in [1.165, 1.54) is 0 Å². The lowest BCUT2D eigenvalue weighted by molar-refractivity contribution is -0.166. The molecule has 3 aliphatic heterocycles. The minimum atomic E-state index is -0.980. The molecule has 7 rings (SSSR count). The van der Waals surface area contributed by atoms with Gasteiger partial charge in [0.15, 0.2) is 11.8 Å². The van der Waals surface area contributed by atoms with Gasteiger partial charge in [0.25, 0.3) is 0 Å². The molecule has 2 aromatic carbocycles. The van der Waals surface area contributed by atoms with Crippen molar-refractivity contribution < 1.29 is 23.7 Å². The van der Waals surface area contributed by atoms with E-state index in [-0.39, 0.29) is 18.3 Å². The second kappa shape index (κ2) is 13.4. The van der Waals surface area contributed by atoms with Crippen LogP contribution in [0.3, 0.4) is 0 Å².